The molecule has 0 saturated carbocycles. The minimum atomic E-state index is 0.872. The van der Waals surface area contributed by atoms with Gasteiger partial charge in [0.2, 0.25) is 0 Å². The second-order valence-electron chi connectivity index (χ2n) is 5.48. The largest absolute Gasteiger partial charge is 0.386 e. The zero-order valence-electron chi connectivity index (χ0n) is 13.7. The normalized spacial score (nSPS) is 10.6. The van der Waals surface area contributed by atoms with Crippen molar-refractivity contribution in [2.45, 2.75) is 0 Å². The molecule has 0 unspecified atom stereocenters. The van der Waals surface area contributed by atoms with Gasteiger partial charge in [0.25, 0.3) is 0 Å². The summed E-state index contributed by atoms with van der Waals surface area (Å²) in [6, 6.07) is 16.4. The number of anilines is 3. The molecule has 6 heteroatoms. The predicted molar refractivity (Wildman–Crippen MR) is 104 cm³/mol. The molecule has 4 aromatic rings. The average molecular weight is 347 g/mol. The maximum absolute atomic E-state index is 4.70. The Morgan fingerprint density at radius 3 is 2.52 bits per heavy atom. The fraction of sp³-hybridized carbons (Fsp3) is 0.0526. The molecule has 2 aromatic heterocycles. The van der Waals surface area contributed by atoms with Crippen molar-refractivity contribution in [3.63, 3.8) is 0 Å². The van der Waals surface area contributed by atoms with Gasteiger partial charge in [-0.15, -0.1) is 11.3 Å². The van der Waals surface area contributed by atoms with Crippen LogP contribution in [-0.4, -0.2) is 21.6 Å². The Labute approximate surface area is 150 Å². The van der Waals surface area contributed by atoms with Gasteiger partial charge in [-0.25, -0.2) is 9.97 Å². The van der Waals surface area contributed by atoms with E-state index < -0.39 is 0 Å². The summed E-state index contributed by atoms with van der Waals surface area (Å²) in [5.41, 5.74) is 5.20. The van der Waals surface area contributed by atoms with Crippen molar-refractivity contribution in [2.75, 3.05) is 17.7 Å². The molecule has 0 radical (unpaired) electrons. The lowest BCUT2D eigenvalue weighted by atomic mass is 10.1. The van der Waals surface area contributed by atoms with Crippen LogP contribution in [0.5, 0.6) is 0 Å². The van der Waals surface area contributed by atoms with Gasteiger partial charge >= 0.3 is 0 Å². The maximum atomic E-state index is 4.70. The van der Waals surface area contributed by atoms with Crippen LogP contribution in [-0.2, 0) is 0 Å². The first-order valence-corrected chi connectivity index (χ1v) is 8.79. The molecule has 2 aromatic carbocycles. The summed E-state index contributed by atoms with van der Waals surface area (Å²) in [6.07, 6.45) is 5.49. The number of nitrogens with zero attached hydrogens (tertiary/aromatic N) is 3. The van der Waals surface area contributed by atoms with E-state index in [1.807, 2.05) is 42.1 Å². The lowest BCUT2D eigenvalue weighted by molar-refractivity contribution is 1.06. The second-order valence-corrected chi connectivity index (χ2v) is 6.33. The van der Waals surface area contributed by atoms with Crippen LogP contribution in [0.3, 0.4) is 0 Å². The monoisotopic (exact) mass is 347 g/mol. The van der Waals surface area contributed by atoms with E-state index in [1.54, 1.807) is 23.9 Å². The summed E-state index contributed by atoms with van der Waals surface area (Å²) in [4.78, 5) is 8.78. The predicted octanol–water partition coefficient (Wildman–Crippen LogP) is 4.78. The molecule has 2 heterocycles. The quantitative estimate of drug-likeness (QED) is 0.545. The summed E-state index contributed by atoms with van der Waals surface area (Å²) < 4.78 is 1.98. The van der Waals surface area contributed by atoms with Crippen LogP contribution in [0.25, 0.3) is 16.9 Å². The Morgan fingerprint density at radius 2 is 1.80 bits per heavy atom. The molecule has 0 atom stereocenters. The summed E-state index contributed by atoms with van der Waals surface area (Å²) in [5, 5.41) is 9.50. The molecular formula is C19H17N5S. The van der Waals surface area contributed by atoms with Crippen LogP contribution >= 0.6 is 11.3 Å². The maximum Gasteiger partial charge on any atom is 0.187 e. The van der Waals surface area contributed by atoms with Gasteiger partial charge in [0.05, 0.1) is 23.4 Å². The number of imidazole rings is 1. The van der Waals surface area contributed by atoms with Gasteiger partial charge in [0.15, 0.2) is 5.13 Å². The van der Waals surface area contributed by atoms with Crippen LogP contribution < -0.4 is 10.6 Å². The number of rotatable bonds is 5. The third-order valence-electron chi connectivity index (χ3n) is 3.91. The zero-order chi connectivity index (χ0) is 17.1. The van der Waals surface area contributed by atoms with Gasteiger partial charge in [0.1, 0.15) is 0 Å². The van der Waals surface area contributed by atoms with E-state index in [9.17, 15) is 0 Å². The molecule has 0 fully saturated rings. The van der Waals surface area contributed by atoms with E-state index in [4.69, 9.17) is 4.98 Å². The molecule has 0 aliphatic carbocycles. The van der Waals surface area contributed by atoms with Crippen molar-refractivity contribution >= 4 is 27.8 Å². The highest BCUT2D eigenvalue weighted by atomic mass is 32.1. The molecule has 25 heavy (non-hydrogen) atoms. The molecule has 2 N–H and O–H groups in total. The highest BCUT2D eigenvalue weighted by Gasteiger charge is 2.07. The molecular weight excluding hydrogens is 330 g/mol. The smallest absolute Gasteiger partial charge is 0.187 e. The van der Waals surface area contributed by atoms with E-state index in [2.05, 4.69) is 45.3 Å². The summed E-state index contributed by atoms with van der Waals surface area (Å²) in [6.45, 7) is 0. The first kappa shape index (κ1) is 15.4. The molecule has 0 amide bonds. The van der Waals surface area contributed by atoms with Crippen LogP contribution in [0.2, 0.25) is 0 Å². The third-order valence-corrected chi connectivity index (χ3v) is 4.67. The minimum absolute atomic E-state index is 0.872. The van der Waals surface area contributed by atoms with Crippen molar-refractivity contribution in [2.24, 2.45) is 0 Å². The fourth-order valence-corrected chi connectivity index (χ4v) is 3.34. The number of benzene rings is 2. The van der Waals surface area contributed by atoms with E-state index >= 15 is 0 Å². The van der Waals surface area contributed by atoms with E-state index in [0.717, 1.165) is 33.5 Å². The highest BCUT2D eigenvalue weighted by molar-refractivity contribution is 7.14. The highest BCUT2D eigenvalue weighted by Crippen LogP contribution is 2.30. The molecule has 0 saturated heterocycles. The van der Waals surface area contributed by atoms with E-state index in [-0.39, 0.29) is 0 Å². The Kier molecular flexibility index (Phi) is 4.18. The van der Waals surface area contributed by atoms with Crippen LogP contribution in [0.4, 0.5) is 16.5 Å². The number of para-hydroxylation sites is 2. The molecule has 0 aliphatic rings. The Hall–Kier alpha value is -3.12. The van der Waals surface area contributed by atoms with Crippen LogP contribution in [0.1, 0.15) is 0 Å². The number of aromatic nitrogens is 3. The lowest BCUT2D eigenvalue weighted by Crippen LogP contribution is -1.96. The Bertz CT molecular complexity index is 958. The van der Waals surface area contributed by atoms with Gasteiger partial charge in [-0.3, -0.25) is 0 Å². The van der Waals surface area contributed by atoms with Gasteiger partial charge < -0.3 is 15.2 Å². The van der Waals surface area contributed by atoms with Crippen molar-refractivity contribution in [1.29, 1.82) is 0 Å². The molecule has 5 nitrogen and oxygen atoms in total. The van der Waals surface area contributed by atoms with Crippen LogP contribution in [0, 0.1) is 0 Å². The Morgan fingerprint density at radius 1 is 1.00 bits per heavy atom. The molecule has 124 valence electrons. The first-order chi connectivity index (χ1) is 12.3. The van der Waals surface area contributed by atoms with Crippen LogP contribution in [0.15, 0.2) is 72.6 Å². The molecule has 4 rings (SSSR count). The average Bonchev–Trinajstić information content (AvgIpc) is 3.34. The molecule has 0 spiro atoms. The van der Waals surface area contributed by atoms with E-state index in [0.29, 0.717) is 0 Å². The van der Waals surface area contributed by atoms with Crippen molar-refractivity contribution in [3.05, 3.63) is 72.6 Å². The minimum Gasteiger partial charge on any atom is -0.386 e. The standard InChI is InChI=1S/C19H17N5S/c1-20-16-4-2-3-5-17(16)22-19-23-18(12-25-19)14-6-8-15(9-7-14)24-11-10-21-13-24/h2-13,20H,1H3,(H,22,23). The Balaban J connectivity index is 1.55. The topological polar surface area (TPSA) is 54.8 Å². The SMILES string of the molecule is CNc1ccccc1Nc1nc(-c2ccc(-n3ccnc3)cc2)cs1. The number of thiazole rings is 1. The van der Waals surface area contributed by atoms with E-state index in [1.165, 1.54) is 0 Å². The number of hydrogen-bond donors (Lipinski definition) is 2. The van der Waals surface area contributed by atoms with Gasteiger partial charge in [-0.1, -0.05) is 24.3 Å². The molecule has 0 bridgehead atoms. The number of hydrogen-bond acceptors (Lipinski definition) is 5. The molecule has 0 aliphatic heterocycles. The van der Waals surface area contributed by atoms with Crippen molar-refractivity contribution < 1.29 is 0 Å². The van der Waals surface area contributed by atoms with Crippen molar-refractivity contribution in [3.8, 4) is 16.9 Å². The fourth-order valence-electron chi connectivity index (χ4n) is 2.61. The number of nitrogens with one attached hydrogen (secondary N) is 2. The zero-order valence-corrected chi connectivity index (χ0v) is 14.5. The van der Waals surface area contributed by atoms with Crippen molar-refractivity contribution in [1.82, 2.24) is 14.5 Å². The van der Waals surface area contributed by atoms with Gasteiger partial charge in [-0.05, 0) is 24.3 Å². The third kappa shape index (κ3) is 3.25. The summed E-state index contributed by atoms with van der Waals surface area (Å²) in [7, 11) is 1.91. The van der Waals surface area contributed by atoms with Gasteiger partial charge in [-0.2, -0.15) is 0 Å². The lowest BCUT2D eigenvalue weighted by Gasteiger charge is -2.08. The summed E-state index contributed by atoms with van der Waals surface area (Å²) in [5.74, 6) is 0. The first-order valence-electron chi connectivity index (χ1n) is 7.91. The second kappa shape index (κ2) is 6.78. The summed E-state index contributed by atoms with van der Waals surface area (Å²) >= 11 is 1.60. The van der Waals surface area contributed by atoms with Gasteiger partial charge in [0, 0.05) is 36.1 Å².